The normalized spacial score (nSPS) is 10.6. The van der Waals surface area contributed by atoms with Crippen molar-refractivity contribution in [3.63, 3.8) is 0 Å². The summed E-state index contributed by atoms with van der Waals surface area (Å²) in [4.78, 5) is 52.3. The molecule has 0 bridgehead atoms. The third-order valence-corrected chi connectivity index (χ3v) is 10.0. The van der Waals surface area contributed by atoms with Crippen LogP contribution in [0, 0.1) is 0 Å². The SMILES string of the molecule is COc1cc(O)c(C(=O)Oc2ccc(C(=O)Nc3ccc(-c4ccc(NC(=O)c5ccc(OC(=O)c6cc(OC)c(OC)cc6O)c(Cl)c5)cc4OC)c(OC)c3)cc2Cl)cc1OC. The summed E-state index contributed by atoms with van der Waals surface area (Å²) in [6, 6.07) is 23.0. The minimum absolute atomic E-state index is 0.0456. The van der Waals surface area contributed by atoms with Gasteiger partial charge in [-0.05, 0) is 60.7 Å². The van der Waals surface area contributed by atoms with Gasteiger partial charge in [-0.1, -0.05) is 23.2 Å². The highest BCUT2D eigenvalue weighted by molar-refractivity contribution is 6.33. The average Bonchev–Trinajstić information content (AvgIpc) is 3.29. The lowest BCUT2D eigenvalue weighted by molar-refractivity contribution is 0.0721. The Morgan fingerprint density at radius 1 is 0.422 bits per heavy atom. The van der Waals surface area contributed by atoms with E-state index in [-0.39, 0.29) is 66.8 Å². The molecule has 0 aliphatic heterocycles. The van der Waals surface area contributed by atoms with Gasteiger partial charge in [-0.25, -0.2) is 9.59 Å². The summed E-state index contributed by atoms with van der Waals surface area (Å²) in [7, 11) is 8.44. The molecule has 16 nitrogen and oxygen atoms in total. The fourth-order valence-corrected chi connectivity index (χ4v) is 6.65. The molecule has 0 spiro atoms. The first-order valence-electron chi connectivity index (χ1n) is 18.6. The van der Waals surface area contributed by atoms with Crippen LogP contribution in [0.2, 0.25) is 10.0 Å². The van der Waals surface area contributed by atoms with Crippen LogP contribution in [-0.4, -0.2) is 76.6 Å². The molecule has 0 unspecified atom stereocenters. The third-order valence-electron chi connectivity index (χ3n) is 9.45. The van der Waals surface area contributed by atoms with Crippen LogP contribution in [0.1, 0.15) is 41.4 Å². The highest BCUT2D eigenvalue weighted by Gasteiger charge is 2.23. The van der Waals surface area contributed by atoms with Crippen LogP contribution in [0.5, 0.6) is 57.5 Å². The first-order valence-corrected chi connectivity index (χ1v) is 19.4. The molecule has 64 heavy (non-hydrogen) atoms. The first-order chi connectivity index (χ1) is 30.7. The number of halogens is 2. The number of hydrogen-bond acceptors (Lipinski definition) is 14. The molecule has 0 aliphatic rings. The molecule has 0 saturated heterocycles. The highest BCUT2D eigenvalue weighted by atomic mass is 35.5. The van der Waals surface area contributed by atoms with Crippen LogP contribution in [0.15, 0.2) is 97.1 Å². The van der Waals surface area contributed by atoms with Crippen LogP contribution < -0.4 is 48.5 Å². The van der Waals surface area contributed by atoms with E-state index in [1.54, 1.807) is 36.4 Å². The molecule has 2 amide bonds. The Labute approximate surface area is 375 Å². The summed E-state index contributed by atoms with van der Waals surface area (Å²) in [5.41, 5.74) is 1.86. The van der Waals surface area contributed by atoms with Gasteiger partial charge >= 0.3 is 11.9 Å². The number of hydrogen-bond donors (Lipinski definition) is 4. The molecule has 0 aliphatic carbocycles. The molecule has 0 atom stereocenters. The second-order valence-corrected chi connectivity index (χ2v) is 14.1. The quantitative estimate of drug-likeness (QED) is 0.0560. The fraction of sp³-hybridized carbons (Fsp3) is 0.130. The molecule has 18 heteroatoms. The fourth-order valence-electron chi connectivity index (χ4n) is 6.21. The third kappa shape index (κ3) is 9.94. The van der Waals surface area contributed by atoms with Gasteiger partial charge in [-0.15, -0.1) is 0 Å². The molecule has 0 aromatic heterocycles. The zero-order valence-electron chi connectivity index (χ0n) is 34.8. The van der Waals surface area contributed by atoms with Crippen molar-refractivity contribution in [1.82, 2.24) is 0 Å². The van der Waals surface area contributed by atoms with Gasteiger partial charge in [0, 0.05) is 70.0 Å². The van der Waals surface area contributed by atoms with E-state index < -0.39 is 35.3 Å². The molecular formula is C46H38Cl2N2O14. The minimum atomic E-state index is -0.923. The second kappa shape index (κ2) is 19.9. The van der Waals surface area contributed by atoms with Gasteiger partial charge in [0.1, 0.15) is 45.6 Å². The van der Waals surface area contributed by atoms with Crippen molar-refractivity contribution in [3.05, 3.63) is 129 Å². The number of aromatic hydroxyl groups is 2. The Morgan fingerprint density at radius 2 is 0.766 bits per heavy atom. The van der Waals surface area contributed by atoms with Gasteiger partial charge in [0.25, 0.3) is 11.8 Å². The maximum absolute atomic E-state index is 13.3. The number of ether oxygens (including phenoxy) is 8. The van der Waals surface area contributed by atoms with Gasteiger partial charge < -0.3 is 58.7 Å². The molecule has 6 aromatic rings. The molecule has 6 aromatic carbocycles. The Balaban J connectivity index is 1.11. The van der Waals surface area contributed by atoms with Crippen molar-refractivity contribution in [1.29, 1.82) is 0 Å². The van der Waals surface area contributed by atoms with Crippen molar-refractivity contribution in [3.8, 4) is 68.6 Å². The van der Waals surface area contributed by atoms with E-state index in [2.05, 4.69) is 10.6 Å². The number of esters is 2. The summed E-state index contributed by atoms with van der Waals surface area (Å²) >= 11 is 12.8. The Hall–Kier alpha value is -7.82. The van der Waals surface area contributed by atoms with Crippen molar-refractivity contribution < 1.29 is 67.3 Å². The van der Waals surface area contributed by atoms with E-state index in [0.29, 0.717) is 34.0 Å². The van der Waals surface area contributed by atoms with Crippen molar-refractivity contribution >= 4 is 58.3 Å². The number of phenols is 2. The lowest BCUT2D eigenvalue weighted by Gasteiger charge is -2.16. The average molecular weight is 914 g/mol. The van der Waals surface area contributed by atoms with E-state index in [1.807, 2.05) is 0 Å². The number of phenolic OH excluding ortho intramolecular Hbond substituents is 2. The summed E-state index contributed by atoms with van der Waals surface area (Å²) in [5.74, 6) is -2.25. The smallest absolute Gasteiger partial charge is 0.347 e. The molecule has 0 radical (unpaired) electrons. The van der Waals surface area contributed by atoms with Crippen molar-refractivity contribution in [2.45, 2.75) is 0 Å². The number of methoxy groups -OCH3 is 6. The lowest BCUT2D eigenvalue weighted by Crippen LogP contribution is -2.13. The van der Waals surface area contributed by atoms with Gasteiger partial charge in [-0.2, -0.15) is 0 Å². The monoisotopic (exact) mass is 912 g/mol. The predicted molar refractivity (Wildman–Crippen MR) is 236 cm³/mol. The maximum atomic E-state index is 13.3. The largest absolute Gasteiger partial charge is 0.507 e. The van der Waals surface area contributed by atoms with Gasteiger partial charge in [0.2, 0.25) is 0 Å². The molecule has 4 N–H and O–H groups in total. The van der Waals surface area contributed by atoms with Crippen LogP contribution in [-0.2, 0) is 0 Å². The molecule has 6 rings (SSSR count). The van der Waals surface area contributed by atoms with Crippen LogP contribution in [0.25, 0.3) is 11.1 Å². The molecule has 0 saturated carbocycles. The van der Waals surface area contributed by atoms with Crippen LogP contribution in [0.3, 0.4) is 0 Å². The van der Waals surface area contributed by atoms with E-state index >= 15 is 0 Å². The van der Waals surface area contributed by atoms with E-state index in [9.17, 15) is 29.4 Å². The lowest BCUT2D eigenvalue weighted by atomic mass is 10.0. The Bertz CT molecular complexity index is 2610. The summed E-state index contributed by atoms with van der Waals surface area (Å²) in [5, 5.41) is 26.2. The van der Waals surface area contributed by atoms with Gasteiger partial charge in [-0.3, -0.25) is 9.59 Å². The summed E-state index contributed by atoms with van der Waals surface area (Å²) in [6.07, 6.45) is 0. The van der Waals surface area contributed by atoms with Crippen molar-refractivity contribution in [2.75, 3.05) is 53.3 Å². The highest BCUT2D eigenvalue weighted by Crippen LogP contribution is 2.41. The first kappa shape index (κ1) is 45.7. The molecule has 0 fully saturated rings. The number of amides is 2. The minimum Gasteiger partial charge on any atom is -0.507 e. The summed E-state index contributed by atoms with van der Waals surface area (Å²) in [6.45, 7) is 0. The van der Waals surface area contributed by atoms with Gasteiger partial charge in [0.15, 0.2) is 23.0 Å². The number of anilines is 2. The van der Waals surface area contributed by atoms with E-state index in [0.717, 1.165) is 0 Å². The number of carbonyl (C=O) groups is 4. The Kier molecular flexibility index (Phi) is 14.2. The number of rotatable bonds is 15. The predicted octanol–water partition coefficient (Wildman–Crippen LogP) is 9.07. The zero-order chi connectivity index (χ0) is 46.2. The molecule has 330 valence electrons. The van der Waals surface area contributed by atoms with Crippen molar-refractivity contribution in [2.24, 2.45) is 0 Å². The summed E-state index contributed by atoms with van der Waals surface area (Å²) < 4.78 is 42.8. The number of benzene rings is 6. The zero-order valence-corrected chi connectivity index (χ0v) is 36.3. The Morgan fingerprint density at radius 3 is 1.09 bits per heavy atom. The second-order valence-electron chi connectivity index (χ2n) is 13.3. The number of nitrogens with one attached hydrogen (secondary N) is 2. The standard InChI is InChI=1S/C46H38Cl2N2O14/c1-57-37-17-25(49-43(53)23-7-13-35(31(47)15-23)63-45(55)29-19-39(59-3)41(61-5)21-33(29)51)9-11-27(37)28-12-10-26(18-38(28)58-2)50-44(54)24-8-14-36(32(48)16-24)64-46(56)30-20-40(60-4)42(62-6)22-34(30)52/h7-22,51-52H,1-6H3,(H,49,53)(H,50,54). The van der Waals surface area contributed by atoms with Gasteiger partial charge in [0.05, 0.1) is 52.7 Å². The molecule has 0 heterocycles. The molecular weight excluding hydrogens is 875 g/mol. The van der Waals surface area contributed by atoms with Crippen LogP contribution in [0.4, 0.5) is 11.4 Å². The van der Waals surface area contributed by atoms with Crippen LogP contribution >= 0.6 is 23.2 Å². The van der Waals surface area contributed by atoms with E-state index in [1.165, 1.54) is 103 Å². The number of carbonyl (C=O) groups excluding carboxylic acids is 4. The topological polar surface area (TPSA) is 207 Å². The maximum Gasteiger partial charge on any atom is 0.347 e. The van der Waals surface area contributed by atoms with E-state index in [4.69, 9.17) is 61.1 Å².